The zero-order valence-electron chi connectivity index (χ0n) is 16.4. The van der Waals surface area contributed by atoms with Gasteiger partial charge in [-0.1, -0.05) is 31.0 Å². The molecule has 1 amide bonds. The van der Waals surface area contributed by atoms with Gasteiger partial charge in [0.1, 0.15) is 0 Å². The molecule has 1 aliphatic rings. The van der Waals surface area contributed by atoms with E-state index in [1.54, 1.807) is 11.9 Å². The van der Waals surface area contributed by atoms with Gasteiger partial charge in [0.2, 0.25) is 5.91 Å². The molecule has 1 aliphatic carbocycles. The van der Waals surface area contributed by atoms with E-state index in [1.807, 2.05) is 44.4 Å². The second-order valence-electron chi connectivity index (χ2n) is 6.90. The van der Waals surface area contributed by atoms with Gasteiger partial charge < -0.3 is 15.5 Å². The molecule has 2 rings (SSSR count). The van der Waals surface area contributed by atoms with Gasteiger partial charge in [0.15, 0.2) is 5.96 Å². The number of nitrogens with one attached hydrogen (secondary N) is 2. The zero-order valence-corrected chi connectivity index (χ0v) is 19.5. The largest absolute Gasteiger partial charge is 0.355 e. The highest BCUT2D eigenvalue weighted by molar-refractivity contribution is 14.0. The summed E-state index contributed by atoms with van der Waals surface area (Å²) in [7, 11) is 4.30. The first-order valence-electron chi connectivity index (χ1n) is 9.08. The molecule has 1 unspecified atom stereocenters. The summed E-state index contributed by atoms with van der Waals surface area (Å²) in [6, 6.07) is 9.45. The van der Waals surface area contributed by atoms with Gasteiger partial charge in [0.05, 0.1) is 16.2 Å². The number of benzene rings is 1. The molecule has 0 aromatic heterocycles. The van der Waals surface area contributed by atoms with Crippen molar-refractivity contribution in [3.63, 3.8) is 0 Å². The van der Waals surface area contributed by atoms with Gasteiger partial charge in [-0.25, -0.2) is 0 Å². The quantitative estimate of drug-likeness (QED) is 0.338. The Morgan fingerprint density at radius 3 is 2.37 bits per heavy atom. The van der Waals surface area contributed by atoms with E-state index < -0.39 is 10.8 Å². The maximum absolute atomic E-state index is 12.6. The van der Waals surface area contributed by atoms with Crippen molar-refractivity contribution in [2.45, 2.75) is 30.6 Å². The molecule has 0 aliphatic heterocycles. The van der Waals surface area contributed by atoms with E-state index in [9.17, 15) is 9.00 Å². The first-order valence-corrected chi connectivity index (χ1v) is 10.4. The molecule has 6 nitrogen and oxygen atoms in total. The number of carbonyl (C=O) groups is 1. The van der Waals surface area contributed by atoms with E-state index in [0.29, 0.717) is 24.8 Å². The Balaban J connectivity index is 0.00000364. The van der Waals surface area contributed by atoms with Crippen molar-refractivity contribution >= 4 is 46.6 Å². The smallest absolute Gasteiger partial charge is 0.230 e. The normalized spacial score (nSPS) is 16.9. The Kier molecular flexibility index (Phi) is 10.3. The molecule has 0 heterocycles. The zero-order chi connectivity index (χ0) is 19.0. The lowest BCUT2D eigenvalue weighted by atomic mass is 9.84. The third kappa shape index (κ3) is 6.74. The summed E-state index contributed by atoms with van der Waals surface area (Å²) in [6.07, 6.45) is 3.99. The van der Waals surface area contributed by atoms with Gasteiger partial charge in [-0.05, 0) is 25.0 Å². The molecule has 152 valence electrons. The summed E-state index contributed by atoms with van der Waals surface area (Å²) in [4.78, 5) is 19.4. The highest BCUT2D eigenvalue weighted by Gasteiger charge is 2.42. The predicted molar refractivity (Wildman–Crippen MR) is 122 cm³/mol. The minimum absolute atomic E-state index is 0. The monoisotopic (exact) mass is 506 g/mol. The van der Waals surface area contributed by atoms with E-state index in [4.69, 9.17) is 0 Å². The van der Waals surface area contributed by atoms with Gasteiger partial charge in [-0.2, -0.15) is 0 Å². The lowest BCUT2D eigenvalue weighted by Crippen LogP contribution is -2.49. The van der Waals surface area contributed by atoms with Gasteiger partial charge in [0.25, 0.3) is 0 Å². The Morgan fingerprint density at radius 2 is 1.81 bits per heavy atom. The first kappa shape index (κ1) is 23.9. The molecule has 0 spiro atoms. The third-order valence-electron chi connectivity index (χ3n) is 4.82. The number of nitrogens with zero attached hydrogens (tertiary/aromatic N) is 2. The summed E-state index contributed by atoms with van der Waals surface area (Å²) in [5.74, 6) is 1.34. The summed E-state index contributed by atoms with van der Waals surface area (Å²) in [5.41, 5.74) is -0.339. The number of halogens is 1. The molecule has 0 saturated heterocycles. The van der Waals surface area contributed by atoms with Crippen molar-refractivity contribution in [2.75, 3.05) is 40.0 Å². The van der Waals surface area contributed by atoms with E-state index in [1.165, 1.54) is 0 Å². The van der Waals surface area contributed by atoms with Crippen LogP contribution in [0.2, 0.25) is 0 Å². The number of amides is 1. The van der Waals surface area contributed by atoms with Crippen LogP contribution in [0, 0.1) is 5.41 Å². The van der Waals surface area contributed by atoms with Crippen LogP contribution >= 0.6 is 24.0 Å². The summed E-state index contributed by atoms with van der Waals surface area (Å²) in [6.45, 7) is 1.13. The summed E-state index contributed by atoms with van der Waals surface area (Å²) < 4.78 is 12.3. The molecule has 1 aromatic carbocycles. The van der Waals surface area contributed by atoms with E-state index >= 15 is 0 Å². The summed E-state index contributed by atoms with van der Waals surface area (Å²) >= 11 is 0. The Morgan fingerprint density at radius 1 is 1.19 bits per heavy atom. The lowest BCUT2D eigenvalue weighted by molar-refractivity contribution is -0.138. The number of carbonyl (C=O) groups excluding carboxylic acids is 1. The number of rotatable bonds is 7. The van der Waals surface area contributed by atoms with E-state index in [2.05, 4.69) is 15.6 Å². The fourth-order valence-electron chi connectivity index (χ4n) is 3.42. The molecule has 1 saturated carbocycles. The number of guanidine groups is 1. The topological polar surface area (TPSA) is 73.8 Å². The van der Waals surface area contributed by atoms with E-state index in [-0.39, 0.29) is 35.3 Å². The van der Waals surface area contributed by atoms with Crippen LogP contribution in [0.3, 0.4) is 0 Å². The fraction of sp³-hybridized carbons (Fsp3) is 0.579. The summed E-state index contributed by atoms with van der Waals surface area (Å²) in [5, 5.41) is 6.49. The van der Waals surface area contributed by atoms with Crippen LogP contribution in [-0.4, -0.2) is 61.0 Å². The van der Waals surface area contributed by atoms with Crippen molar-refractivity contribution in [3.05, 3.63) is 30.3 Å². The van der Waals surface area contributed by atoms with Gasteiger partial charge in [0, 0.05) is 44.9 Å². The number of aliphatic imine (C=N–C) groups is 1. The van der Waals surface area contributed by atoms with Crippen LogP contribution in [-0.2, 0) is 15.6 Å². The van der Waals surface area contributed by atoms with Crippen LogP contribution in [0.1, 0.15) is 25.7 Å². The first-order chi connectivity index (χ1) is 12.5. The molecule has 1 aromatic rings. The van der Waals surface area contributed by atoms with Crippen LogP contribution < -0.4 is 10.6 Å². The minimum atomic E-state index is -1.04. The Labute approximate surface area is 182 Å². The molecule has 27 heavy (non-hydrogen) atoms. The third-order valence-corrected chi connectivity index (χ3v) is 6.20. The highest BCUT2D eigenvalue weighted by Crippen LogP contribution is 2.38. The van der Waals surface area contributed by atoms with Crippen molar-refractivity contribution < 1.29 is 9.00 Å². The fourth-order valence-corrected chi connectivity index (χ4v) is 4.40. The molecule has 8 heteroatoms. The maximum Gasteiger partial charge on any atom is 0.230 e. The van der Waals surface area contributed by atoms with Gasteiger partial charge >= 0.3 is 0 Å². The lowest BCUT2D eigenvalue weighted by Gasteiger charge is -2.31. The minimum Gasteiger partial charge on any atom is -0.355 e. The maximum atomic E-state index is 12.6. The Bertz CT molecular complexity index is 646. The standard InChI is InChI=1S/C19H30N4O2S.HI/c1-20-18(21-13-14-26(25)16-9-5-4-6-10-16)22-15-19(11-7-8-12-19)17(24)23(2)3;/h4-6,9-10H,7-8,11-15H2,1-3H3,(H2,20,21,22);1H. The molecular weight excluding hydrogens is 475 g/mol. The van der Waals surface area contributed by atoms with Gasteiger partial charge in [-0.3, -0.25) is 14.0 Å². The average molecular weight is 506 g/mol. The van der Waals surface area contributed by atoms with Crippen LogP contribution in [0.15, 0.2) is 40.2 Å². The van der Waals surface area contributed by atoms with Crippen molar-refractivity contribution in [1.82, 2.24) is 15.5 Å². The second-order valence-corrected chi connectivity index (χ2v) is 8.47. The van der Waals surface area contributed by atoms with Crippen LogP contribution in [0.25, 0.3) is 0 Å². The molecule has 2 N–H and O–H groups in total. The van der Waals surface area contributed by atoms with Crippen LogP contribution in [0.5, 0.6) is 0 Å². The highest BCUT2D eigenvalue weighted by atomic mass is 127. The number of hydrogen-bond donors (Lipinski definition) is 2. The molecule has 0 radical (unpaired) electrons. The molecule has 1 fully saturated rings. The predicted octanol–water partition coefficient (Wildman–Crippen LogP) is 2.23. The van der Waals surface area contributed by atoms with Crippen molar-refractivity contribution in [3.8, 4) is 0 Å². The van der Waals surface area contributed by atoms with Gasteiger partial charge in [-0.15, -0.1) is 24.0 Å². The van der Waals surface area contributed by atoms with Crippen LogP contribution in [0.4, 0.5) is 0 Å². The molecular formula is C19H31IN4O2S. The second kappa shape index (κ2) is 11.6. The Hall–Kier alpha value is -1.16. The molecule has 0 bridgehead atoms. The number of hydrogen-bond acceptors (Lipinski definition) is 3. The molecule has 1 atom stereocenters. The van der Waals surface area contributed by atoms with E-state index in [0.717, 1.165) is 30.6 Å². The van der Waals surface area contributed by atoms with Crippen molar-refractivity contribution in [1.29, 1.82) is 0 Å². The average Bonchev–Trinajstić information content (AvgIpc) is 3.14. The SMILES string of the molecule is CN=C(NCCS(=O)c1ccccc1)NCC1(C(=O)N(C)C)CCCC1.I. The van der Waals surface area contributed by atoms with Crippen molar-refractivity contribution in [2.24, 2.45) is 10.4 Å².